The second kappa shape index (κ2) is 8.74. The van der Waals surface area contributed by atoms with Gasteiger partial charge < -0.3 is 0 Å². The van der Waals surface area contributed by atoms with E-state index in [0.717, 1.165) is 12.8 Å². The zero-order chi connectivity index (χ0) is 18.5. The highest BCUT2D eigenvalue weighted by Crippen LogP contribution is 2.45. The van der Waals surface area contributed by atoms with Crippen molar-refractivity contribution in [2.24, 2.45) is 29.6 Å². The monoisotopic (exact) mass is 356 g/mol. The lowest BCUT2D eigenvalue weighted by atomic mass is 9.64. The molecule has 4 aliphatic carbocycles. The topological polar surface area (TPSA) is 0 Å². The van der Waals surface area contributed by atoms with Gasteiger partial charge in [-0.25, -0.2) is 0 Å². The van der Waals surface area contributed by atoms with E-state index in [2.05, 4.69) is 92.0 Å². The first-order valence-electron chi connectivity index (χ1n) is 10.7. The number of rotatable bonds is 5. The van der Waals surface area contributed by atoms with Crippen molar-refractivity contribution in [2.45, 2.75) is 39.0 Å². The van der Waals surface area contributed by atoms with Crippen LogP contribution in [0.15, 0.2) is 96.2 Å². The fourth-order valence-electron chi connectivity index (χ4n) is 5.05. The van der Waals surface area contributed by atoms with Crippen molar-refractivity contribution in [1.82, 2.24) is 0 Å². The smallest absolute Gasteiger partial charge is 0.00247 e. The zero-order valence-corrected chi connectivity index (χ0v) is 16.5. The van der Waals surface area contributed by atoms with Crippen LogP contribution in [-0.4, -0.2) is 0 Å². The summed E-state index contributed by atoms with van der Waals surface area (Å²) >= 11 is 0. The molecule has 0 aromatic heterocycles. The van der Waals surface area contributed by atoms with Crippen molar-refractivity contribution in [1.29, 1.82) is 0 Å². The molecule has 4 aliphatic rings. The molecule has 0 amide bonds. The molecule has 0 heteroatoms. The molecule has 0 aliphatic heterocycles. The molecule has 0 fully saturated rings. The van der Waals surface area contributed by atoms with Gasteiger partial charge in [-0.15, -0.1) is 0 Å². The van der Waals surface area contributed by atoms with Crippen molar-refractivity contribution >= 4 is 0 Å². The van der Waals surface area contributed by atoms with Crippen LogP contribution in [0, 0.1) is 29.6 Å². The van der Waals surface area contributed by atoms with Gasteiger partial charge in [0.2, 0.25) is 0 Å². The molecule has 0 N–H and O–H groups in total. The van der Waals surface area contributed by atoms with E-state index in [1.165, 1.54) is 19.3 Å². The molecule has 0 heterocycles. The third-order valence-corrected chi connectivity index (χ3v) is 6.47. The van der Waals surface area contributed by atoms with Crippen LogP contribution in [0.1, 0.15) is 39.0 Å². The van der Waals surface area contributed by atoms with Gasteiger partial charge in [-0.1, -0.05) is 92.0 Å². The normalized spacial score (nSPS) is 31.5. The third kappa shape index (κ3) is 4.26. The Hall–Kier alpha value is -2.08. The van der Waals surface area contributed by atoms with Gasteiger partial charge in [0.25, 0.3) is 0 Å². The molecule has 0 saturated carbocycles. The van der Waals surface area contributed by atoms with E-state index in [9.17, 15) is 0 Å². The minimum Gasteiger partial charge on any atom is -0.0840 e. The maximum absolute atomic E-state index is 2.53. The minimum absolute atomic E-state index is 0.546. The lowest BCUT2D eigenvalue weighted by molar-refractivity contribution is 0.286. The third-order valence-electron chi connectivity index (χ3n) is 6.47. The maximum atomic E-state index is 2.53. The van der Waals surface area contributed by atoms with Gasteiger partial charge in [0, 0.05) is 0 Å². The molecule has 5 atom stereocenters. The molecule has 27 heavy (non-hydrogen) atoms. The molecule has 4 rings (SSSR count). The largest absolute Gasteiger partial charge is 0.0840 e. The summed E-state index contributed by atoms with van der Waals surface area (Å²) in [5, 5.41) is 0. The molecule has 0 aromatic rings. The van der Waals surface area contributed by atoms with Crippen LogP contribution in [0.2, 0.25) is 0 Å². The maximum Gasteiger partial charge on any atom is -0.00247 e. The van der Waals surface area contributed by atoms with Gasteiger partial charge in [-0.05, 0) is 72.8 Å². The van der Waals surface area contributed by atoms with E-state index >= 15 is 0 Å². The average molecular weight is 357 g/mol. The molecule has 0 bridgehead atoms. The fraction of sp³-hybridized carbons (Fsp3) is 0.407. The van der Waals surface area contributed by atoms with Crippen LogP contribution in [0.4, 0.5) is 0 Å². The molecule has 140 valence electrons. The molecular weight excluding hydrogens is 324 g/mol. The van der Waals surface area contributed by atoms with E-state index in [0.29, 0.717) is 29.6 Å². The standard InChI is InChI=1S/C27H32/c1-21-17-19-25(20-18-21)27(24-15-9-4-10-16-24)26(22-11-5-2-6-12-22)23-13-7-3-8-14-23/h2,4-7,9-11,13-15,17,19-22,24,26-27H,3,8,12,16,18H2,1H3. The summed E-state index contributed by atoms with van der Waals surface area (Å²) in [6.45, 7) is 2.32. The van der Waals surface area contributed by atoms with Crippen LogP contribution in [0.3, 0.4) is 0 Å². The Labute approximate surface area is 165 Å². The lowest BCUT2D eigenvalue weighted by Crippen LogP contribution is -2.32. The highest BCUT2D eigenvalue weighted by Gasteiger charge is 2.36. The molecule has 0 aromatic carbocycles. The van der Waals surface area contributed by atoms with Crippen LogP contribution >= 0.6 is 0 Å². The fourth-order valence-corrected chi connectivity index (χ4v) is 5.05. The summed E-state index contributed by atoms with van der Waals surface area (Å²) in [7, 11) is 0. The van der Waals surface area contributed by atoms with Crippen molar-refractivity contribution in [3.63, 3.8) is 0 Å². The quantitative estimate of drug-likeness (QED) is 0.485. The Morgan fingerprint density at radius 3 is 1.81 bits per heavy atom. The highest BCUT2D eigenvalue weighted by molar-refractivity contribution is 5.37. The second-order valence-corrected chi connectivity index (χ2v) is 8.44. The summed E-state index contributed by atoms with van der Waals surface area (Å²) in [5.41, 5.74) is 3.12. The Bertz CT molecular complexity index is 762. The van der Waals surface area contributed by atoms with Crippen LogP contribution in [0.25, 0.3) is 0 Å². The van der Waals surface area contributed by atoms with Gasteiger partial charge in [-0.2, -0.15) is 0 Å². The van der Waals surface area contributed by atoms with E-state index < -0.39 is 0 Å². The number of hydrogen-bond donors (Lipinski definition) is 0. The molecular formula is C27H32. The molecule has 0 saturated heterocycles. The van der Waals surface area contributed by atoms with E-state index in [-0.39, 0.29) is 0 Å². The van der Waals surface area contributed by atoms with E-state index in [1.54, 1.807) is 11.1 Å². The van der Waals surface area contributed by atoms with Crippen LogP contribution in [0.5, 0.6) is 0 Å². The number of hydrogen-bond acceptors (Lipinski definition) is 0. The average Bonchev–Trinajstić information content (AvgIpc) is 2.75. The summed E-state index contributed by atoms with van der Waals surface area (Å²) < 4.78 is 0. The Kier molecular flexibility index (Phi) is 5.92. The van der Waals surface area contributed by atoms with Gasteiger partial charge in [0.05, 0.1) is 0 Å². The van der Waals surface area contributed by atoms with Crippen molar-refractivity contribution in [2.75, 3.05) is 0 Å². The summed E-state index contributed by atoms with van der Waals surface area (Å²) in [4.78, 5) is 0. The SMILES string of the molecule is CC1C=CC(C(C2C=CC=CC2)C(C2=CCCC=C2)C2C=CC=CC2)=CC1. The van der Waals surface area contributed by atoms with Gasteiger partial charge >= 0.3 is 0 Å². The molecule has 0 spiro atoms. The van der Waals surface area contributed by atoms with Crippen molar-refractivity contribution < 1.29 is 0 Å². The van der Waals surface area contributed by atoms with E-state index in [1.807, 2.05) is 0 Å². The Morgan fingerprint density at radius 2 is 1.33 bits per heavy atom. The molecule has 0 radical (unpaired) electrons. The predicted molar refractivity (Wildman–Crippen MR) is 117 cm³/mol. The lowest BCUT2D eigenvalue weighted by Gasteiger charge is -2.40. The van der Waals surface area contributed by atoms with E-state index in [4.69, 9.17) is 0 Å². The highest BCUT2D eigenvalue weighted by atomic mass is 14.4. The van der Waals surface area contributed by atoms with Crippen molar-refractivity contribution in [3.8, 4) is 0 Å². The Balaban J connectivity index is 1.74. The summed E-state index contributed by atoms with van der Waals surface area (Å²) in [6.07, 6.45) is 39.1. The first-order chi connectivity index (χ1) is 13.3. The van der Waals surface area contributed by atoms with Crippen molar-refractivity contribution in [3.05, 3.63) is 96.2 Å². The van der Waals surface area contributed by atoms with Gasteiger partial charge in [0.15, 0.2) is 0 Å². The first-order valence-corrected chi connectivity index (χ1v) is 10.7. The summed E-state index contributed by atoms with van der Waals surface area (Å²) in [6, 6.07) is 0. The Morgan fingerprint density at radius 1 is 0.667 bits per heavy atom. The van der Waals surface area contributed by atoms with Gasteiger partial charge in [-0.3, -0.25) is 0 Å². The summed E-state index contributed by atoms with van der Waals surface area (Å²) in [5.74, 6) is 2.93. The number of allylic oxidation sites excluding steroid dienone is 16. The molecule has 5 unspecified atom stereocenters. The van der Waals surface area contributed by atoms with Crippen LogP contribution < -0.4 is 0 Å². The van der Waals surface area contributed by atoms with Gasteiger partial charge in [0.1, 0.15) is 0 Å². The predicted octanol–water partition coefficient (Wildman–Crippen LogP) is 7.28. The minimum atomic E-state index is 0.546. The second-order valence-electron chi connectivity index (χ2n) is 8.44. The first kappa shape index (κ1) is 18.3. The zero-order valence-electron chi connectivity index (χ0n) is 16.5. The van der Waals surface area contributed by atoms with Crippen LogP contribution in [-0.2, 0) is 0 Å². The molecule has 0 nitrogen and oxygen atoms in total.